The Bertz CT molecular complexity index is 532. The van der Waals surface area contributed by atoms with Gasteiger partial charge in [0.25, 0.3) is 0 Å². The van der Waals surface area contributed by atoms with Crippen molar-refractivity contribution in [1.29, 1.82) is 0 Å². The molecule has 148 valence electrons. The molecule has 0 fully saturated rings. The third-order valence-corrected chi connectivity index (χ3v) is 9.70. The first-order valence-corrected chi connectivity index (χ1v) is 14.3. The lowest BCUT2D eigenvalue weighted by atomic mass is 10.1. The summed E-state index contributed by atoms with van der Waals surface area (Å²) in [6.45, 7) is 4.58. The van der Waals surface area contributed by atoms with E-state index >= 15 is 0 Å². The van der Waals surface area contributed by atoms with E-state index in [1.165, 1.54) is 98.3 Å². The first-order valence-electron chi connectivity index (χ1n) is 10.6. The molecule has 0 aromatic carbocycles. The Hall–Kier alpha value is 0.360. The Morgan fingerprint density at radius 2 is 0.962 bits per heavy atom. The summed E-state index contributed by atoms with van der Waals surface area (Å²) in [6.07, 6.45) is 16.8. The summed E-state index contributed by atoms with van der Waals surface area (Å²) >= 11 is 8.10. The van der Waals surface area contributed by atoms with Crippen LogP contribution in [0.3, 0.4) is 0 Å². The molecule has 0 bridgehead atoms. The molecule has 0 aliphatic rings. The number of fused-ring (bicyclic) bond motifs is 1. The highest BCUT2D eigenvalue weighted by atomic mass is 32.2. The number of unbranched alkanes of at least 4 members (excludes halogenated alkanes) is 10. The predicted octanol–water partition coefficient (Wildman–Crippen LogP) is 9.87. The third kappa shape index (κ3) is 8.16. The second kappa shape index (κ2) is 14.4. The van der Waals surface area contributed by atoms with Gasteiger partial charge in [0.15, 0.2) is 0 Å². The molecule has 0 atom stereocenters. The first kappa shape index (κ1) is 22.6. The lowest BCUT2D eigenvalue weighted by Gasteiger charge is -2.00. The smallest absolute Gasteiger partial charge is 0.0598 e. The third-order valence-electron chi connectivity index (χ3n) is 4.73. The van der Waals surface area contributed by atoms with Crippen LogP contribution in [0, 0.1) is 0 Å². The number of thiophene rings is 2. The van der Waals surface area contributed by atoms with Crippen LogP contribution in [0.15, 0.2) is 20.6 Å². The highest BCUT2D eigenvalue weighted by molar-refractivity contribution is 8.00. The summed E-state index contributed by atoms with van der Waals surface area (Å²) in [6, 6.07) is 0. The van der Waals surface area contributed by atoms with Crippen molar-refractivity contribution in [2.45, 2.75) is 101 Å². The second-order valence-electron chi connectivity index (χ2n) is 7.09. The van der Waals surface area contributed by atoms with Crippen LogP contribution in [-0.4, -0.2) is 11.5 Å². The van der Waals surface area contributed by atoms with Crippen LogP contribution in [0.1, 0.15) is 90.9 Å². The molecule has 0 unspecified atom stereocenters. The van der Waals surface area contributed by atoms with E-state index in [0.717, 1.165) is 0 Å². The second-order valence-corrected chi connectivity index (χ2v) is 11.1. The molecular formula is C22H36S4. The number of rotatable bonds is 16. The number of hydrogen-bond acceptors (Lipinski definition) is 4. The summed E-state index contributed by atoms with van der Waals surface area (Å²) in [5.74, 6) is 2.58. The van der Waals surface area contributed by atoms with Gasteiger partial charge in [0.05, 0.1) is 9.40 Å². The molecule has 4 heteroatoms. The van der Waals surface area contributed by atoms with Crippen molar-refractivity contribution in [1.82, 2.24) is 0 Å². The molecule has 0 amide bonds. The monoisotopic (exact) mass is 428 g/mol. The van der Waals surface area contributed by atoms with Crippen molar-refractivity contribution in [2.24, 2.45) is 0 Å². The minimum Gasteiger partial charge on any atom is -0.140 e. The van der Waals surface area contributed by atoms with Gasteiger partial charge in [0.1, 0.15) is 0 Å². The molecule has 0 saturated heterocycles. The van der Waals surface area contributed by atoms with Gasteiger partial charge in [-0.3, -0.25) is 0 Å². The lowest BCUT2D eigenvalue weighted by molar-refractivity contribution is 0.627. The molecule has 2 aromatic rings. The summed E-state index contributed by atoms with van der Waals surface area (Å²) in [4.78, 5) is 3.07. The molecule has 2 rings (SSSR count). The van der Waals surface area contributed by atoms with Crippen molar-refractivity contribution in [3.63, 3.8) is 0 Å². The summed E-state index contributed by atoms with van der Waals surface area (Å²) in [5, 5.41) is 4.80. The molecule has 26 heavy (non-hydrogen) atoms. The molecule has 2 aromatic heterocycles. The lowest BCUT2D eigenvalue weighted by Crippen LogP contribution is -1.82. The van der Waals surface area contributed by atoms with Crippen LogP contribution in [0.2, 0.25) is 0 Å². The zero-order chi connectivity index (χ0) is 18.5. The summed E-state index contributed by atoms with van der Waals surface area (Å²) in [5.41, 5.74) is 0. The van der Waals surface area contributed by atoms with Crippen LogP contribution >= 0.6 is 46.2 Å². The van der Waals surface area contributed by atoms with Crippen molar-refractivity contribution < 1.29 is 0 Å². The summed E-state index contributed by atoms with van der Waals surface area (Å²) in [7, 11) is 0. The van der Waals surface area contributed by atoms with Crippen molar-refractivity contribution in [3.8, 4) is 0 Å². The molecule has 0 N–H and O–H groups in total. The van der Waals surface area contributed by atoms with Gasteiger partial charge in [0, 0.05) is 20.6 Å². The Balaban J connectivity index is 1.65. The fourth-order valence-corrected chi connectivity index (χ4v) is 8.22. The van der Waals surface area contributed by atoms with Crippen molar-refractivity contribution >= 4 is 55.6 Å². The minimum absolute atomic E-state index is 1.29. The van der Waals surface area contributed by atoms with Crippen molar-refractivity contribution in [2.75, 3.05) is 11.5 Å². The zero-order valence-corrected chi connectivity index (χ0v) is 20.0. The van der Waals surface area contributed by atoms with Crippen LogP contribution < -0.4 is 0 Å². The van der Waals surface area contributed by atoms with E-state index in [9.17, 15) is 0 Å². The predicted molar refractivity (Wildman–Crippen MR) is 128 cm³/mol. The van der Waals surface area contributed by atoms with Gasteiger partial charge in [-0.1, -0.05) is 78.1 Å². The van der Waals surface area contributed by atoms with E-state index in [4.69, 9.17) is 0 Å². The highest BCUT2D eigenvalue weighted by Gasteiger charge is 2.11. The molecule has 0 spiro atoms. The van der Waals surface area contributed by atoms with Gasteiger partial charge in [-0.25, -0.2) is 0 Å². The van der Waals surface area contributed by atoms with E-state index in [2.05, 4.69) is 48.1 Å². The maximum atomic E-state index is 2.40. The van der Waals surface area contributed by atoms with E-state index in [1.807, 2.05) is 22.7 Å². The largest absolute Gasteiger partial charge is 0.140 e. The highest BCUT2D eigenvalue weighted by Crippen LogP contribution is 2.43. The Morgan fingerprint density at radius 3 is 1.38 bits per heavy atom. The Kier molecular flexibility index (Phi) is 12.5. The van der Waals surface area contributed by atoms with E-state index < -0.39 is 0 Å². The van der Waals surface area contributed by atoms with Gasteiger partial charge in [-0.15, -0.1) is 46.2 Å². The molecule has 0 nitrogen and oxygen atoms in total. The van der Waals surface area contributed by atoms with Gasteiger partial charge in [-0.05, 0) is 24.3 Å². The SMILES string of the molecule is CCCCCCCCSc1csc2c(SCCCCCCCC)csc12. The van der Waals surface area contributed by atoms with E-state index in [1.54, 1.807) is 9.40 Å². The van der Waals surface area contributed by atoms with Crippen LogP contribution in [-0.2, 0) is 0 Å². The molecule has 0 aliphatic heterocycles. The zero-order valence-electron chi connectivity index (χ0n) is 16.7. The minimum atomic E-state index is 1.29. The van der Waals surface area contributed by atoms with E-state index in [-0.39, 0.29) is 0 Å². The normalized spacial score (nSPS) is 11.6. The fourth-order valence-electron chi connectivity index (χ4n) is 3.11. The van der Waals surface area contributed by atoms with E-state index in [0.29, 0.717) is 0 Å². The van der Waals surface area contributed by atoms with Gasteiger partial charge >= 0.3 is 0 Å². The van der Waals surface area contributed by atoms with Crippen LogP contribution in [0.4, 0.5) is 0 Å². The first-order chi connectivity index (χ1) is 12.9. The Labute approximate surface area is 177 Å². The number of thioether (sulfide) groups is 2. The van der Waals surface area contributed by atoms with Crippen LogP contribution in [0.25, 0.3) is 9.40 Å². The van der Waals surface area contributed by atoms with Gasteiger partial charge in [-0.2, -0.15) is 0 Å². The van der Waals surface area contributed by atoms with Gasteiger partial charge < -0.3 is 0 Å². The number of hydrogen-bond donors (Lipinski definition) is 0. The standard InChI is InChI=1S/C22H36S4/c1-3-5-7-9-11-13-15-23-19-17-25-22-20(18-26-21(19)22)24-16-14-12-10-8-6-4-2/h17-18H,3-16H2,1-2H3. The van der Waals surface area contributed by atoms with Crippen LogP contribution in [0.5, 0.6) is 0 Å². The molecule has 0 saturated carbocycles. The maximum Gasteiger partial charge on any atom is 0.0598 e. The van der Waals surface area contributed by atoms with Crippen molar-refractivity contribution in [3.05, 3.63) is 10.8 Å². The maximum absolute atomic E-state index is 2.40. The summed E-state index contributed by atoms with van der Waals surface area (Å²) < 4.78 is 3.10. The Morgan fingerprint density at radius 1 is 0.577 bits per heavy atom. The average Bonchev–Trinajstić information content (AvgIpc) is 3.23. The topological polar surface area (TPSA) is 0 Å². The quantitative estimate of drug-likeness (QED) is 0.193. The molecule has 2 heterocycles. The fraction of sp³-hybridized carbons (Fsp3) is 0.727. The average molecular weight is 429 g/mol. The molecule has 0 radical (unpaired) electrons. The van der Waals surface area contributed by atoms with Gasteiger partial charge in [0.2, 0.25) is 0 Å². The molecular weight excluding hydrogens is 393 g/mol. The molecule has 0 aliphatic carbocycles.